The summed E-state index contributed by atoms with van der Waals surface area (Å²) >= 11 is 0. The maximum Gasteiger partial charge on any atom is 0.121 e. The number of benzene rings is 1. The minimum atomic E-state index is 0.556. The second kappa shape index (κ2) is 6.90. The van der Waals surface area contributed by atoms with E-state index in [1.54, 1.807) is 0 Å². The second-order valence-electron chi connectivity index (χ2n) is 4.76. The SMILES string of the molecule is N#CCCCOc1cccc(NC2CCCC2)c1. The number of nitriles is 1. The lowest BCUT2D eigenvalue weighted by Gasteiger charge is -2.14. The van der Waals surface area contributed by atoms with Gasteiger partial charge in [-0.2, -0.15) is 5.26 Å². The lowest BCUT2D eigenvalue weighted by Crippen LogP contribution is -2.14. The van der Waals surface area contributed by atoms with Gasteiger partial charge < -0.3 is 10.1 Å². The summed E-state index contributed by atoms with van der Waals surface area (Å²) in [4.78, 5) is 0. The molecule has 0 unspecified atom stereocenters. The van der Waals surface area contributed by atoms with Gasteiger partial charge in [0.25, 0.3) is 0 Å². The van der Waals surface area contributed by atoms with Crippen LogP contribution in [0.15, 0.2) is 24.3 Å². The molecule has 1 N–H and O–H groups in total. The summed E-state index contributed by atoms with van der Waals surface area (Å²) in [5, 5.41) is 12.0. The first-order valence-electron chi connectivity index (χ1n) is 6.75. The fourth-order valence-electron chi connectivity index (χ4n) is 2.32. The lowest BCUT2D eigenvalue weighted by atomic mass is 10.2. The quantitative estimate of drug-likeness (QED) is 0.776. The lowest BCUT2D eigenvalue weighted by molar-refractivity contribution is 0.313. The van der Waals surface area contributed by atoms with Crippen LogP contribution in [0.4, 0.5) is 5.69 Å². The molecule has 96 valence electrons. The Morgan fingerprint density at radius 3 is 2.94 bits per heavy atom. The molecular formula is C15H20N2O. The summed E-state index contributed by atoms with van der Waals surface area (Å²) in [5.41, 5.74) is 1.14. The maximum atomic E-state index is 8.45. The zero-order chi connectivity index (χ0) is 12.6. The van der Waals surface area contributed by atoms with Crippen molar-refractivity contribution in [3.63, 3.8) is 0 Å². The van der Waals surface area contributed by atoms with E-state index in [0.29, 0.717) is 19.1 Å². The molecule has 1 aromatic carbocycles. The van der Waals surface area contributed by atoms with Gasteiger partial charge in [0.05, 0.1) is 12.7 Å². The van der Waals surface area contributed by atoms with Crippen LogP contribution in [-0.2, 0) is 0 Å². The van der Waals surface area contributed by atoms with E-state index in [1.165, 1.54) is 25.7 Å². The average Bonchev–Trinajstić information content (AvgIpc) is 2.88. The number of anilines is 1. The molecule has 0 saturated heterocycles. The molecule has 3 heteroatoms. The van der Waals surface area contributed by atoms with Gasteiger partial charge >= 0.3 is 0 Å². The van der Waals surface area contributed by atoms with E-state index >= 15 is 0 Å². The van der Waals surface area contributed by atoms with Crippen LogP contribution in [0.5, 0.6) is 5.75 Å². The van der Waals surface area contributed by atoms with Crippen molar-refractivity contribution in [2.24, 2.45) is 0 Å². The normalized spacial score (nSPS) is 15.3. The van der Waals surface area contributed by atoms with Gasteiger partial charge in [-0.1, -0.05) is 18.9 Å². The molecule has 0 spiro atoms. The van der Waals surface area contributed by atoms with E-state index in [-0.39, 0.29) is 0 Å². The number of hydrogen-bond acceptors (Lipinski definition) is 3. The Kier molecular flexibility index (Phi) is 4.89. The van der Waals surface area contributed by atoms with E-state index in [0.717, 1.165) is 17.9 Å². The van der Waals surface area contributed by atoms with Crippen molar-refractivity contribution in [3.05, 3.63) is 24.3 Å². The minimum absolute atomic E-state index is 0.556. The summed E-state index contributed by atoms with van der Waals surface area (Å²) in [6.45, 7) is 0.612. The highest BCUT2D eigenvalue weighted by atomic mass is 16.5. The summed E-state index contributed by atoms with van der Waals surface area (Å²) in [7, 11) is 0. The summed E-state index contributed by atoms with van der Waals surface area (Å²) in [6, 6.07) is 10.9. The third-order valence-corrected chi connectivity index (χ3v) is 3.26. The highest BCUT2D eigenvalue weighted by Crippen LogP contribution is 2.24. The summed E-state index contributed by atoms with van der Waals surface area (Å²) in [5.74, 6) is 0.885. The van der Waals surface area contributed by atoms with E-state index in [9.17, 15) is 0 Å². The zero-order valence-electron chi connectivity index (χ0n) is 10.7. The largest absolute Gasteiger partial charge is 0.493 e. The number of unbranched alkanes of at least 4 members (excludes halogenated alkanes) is 1. The molecule has 1 aliphatic rings. The van der Waals surface area contributed by atoms with Crippen LogP contribution in [0.25, 0.3) is 0 Å². The second-order valence-corrected chi connectivity index (χ2v) is 4.76. The van der Waals surface area contributed by atoms with Crippen molar-refractivity contribution in [1.82, 2.24) is 0 Å². The molecule has 1 aliphatic carbocycles. The molecule has 0 atom stereocenters. The molecule has 0 radical (unpaired) electrons. The molecule has 1 aromatic rings. The molecule has 0 aromatic heterocycles. The Balaban J connectivity index is 1.82. The fraction of sp³-hybridized carbons (Fsp3) is 0.533. The molecule has 18 heavy (non-hydrogen) atoms. The molecule has 0 amide bonds. The van der Waals surface area contributed by atoms with Crippen LogP contribution < -0.4 is 10.1 Å². The van der Waals surface area contributed by atoms with Crippen molar-refractivity contribution < 1.29 is 4.74 Å². The topological polar surface area (TPSA) is 45.0 Å². The molecule has 3 nitrogen and oxygen atoms in total. The average molecular weight is 244 g/mol. The first-order chi connectivity index (χ1) is 8.88. The van der Waals surface area contributed by atoms with Crippen molar-refractivity contribution >= 4 is 5.69 Å². The number of nitrogens with one attached hydrogen (secondary N) is 1. The van der Waals surface area contributed by atoms with E-state index < -0.39 is 0 Å². The Hall–Kier alpha value is -1.69. The number of hydrogen-bond donors (Lipinski definition) is 1. The molecule has 1 fully saturated rings. The highest BCUT2D eigenvalue weighted by molar-refractivity contribution is 5.48. The van der Waals surface area contributed by atoms with Crippen LogP contribution in [0.3, 0.4) is 0 Å². The summed E-state index contributed by atoms with van der Waals surface area (Å²) < 4.78 is 5.62. The van der Waals surface area contributed by atoms with Gasteiger partial charge in [-0.25, -0.2) is 0 Å². The van der Waals surface area contributed by atoms with Crippen LogP contribution >= 0.6 is 0 Å². The number of nitrogens with zero attached hydrogens (tertiary/aromatic N) is 1. The standard InChI is InChI=1S/C15H20N2O/c16-10-3-4-11-18-15-9-5-8-14(12-15)17-13-6-1-2-7-13/h5,8-9,12-13,17H,1-4,6-7,11H2. The van der Waals surface area contributed by atoms with Crippen molar-refractivity contribution in [2.75, 3.05) is 11.9 Å². The van der Waals surface area contributed by atoms with Gasteiger partial charge in [-0.3, -0.25) is 0 Å². The third-order valence-electron chi connectivity index (χ3n) is 3.26. The predicted molar refractivity (Wildman–Crippen MR) is 72.7 cm³/mol. The van der Waals surface area contributed by atoms with Crippen LogP contribution in [0.2, 0.25) is 0 Å². The monoisotopic (exact) mass is 244 g/mol. The predicted octanol–water partition coefficient (Wildman–Crippen LogP) is 3.72. The van der Waals surface area contributed by atoms with Gasteiger partial charge in [0.15, 0.2) is 0 Å². The van der Waals surface area contributed by atoms with Crippen molar-refractivity contribution in [2.45, 2.75) is 44.6 Å². The Labute approximate surface area is 109 Å². The molecule has 1 saturated carbocycles. The molecule has 0 heterocycles. The van der Waals surface area contributed by atoms with Gasteiger partial charge in [0, 0.05) is 24.2 Å². The van der Waals surface area contributed by atoms with Crippen molar-refractivity contribution in [1.29, 1.82) is 5.26 Å². The first kappa shape index (κ1) is 12.8. The van der Waals surface area contributed by atoms with Gasteiger partial charge in [0.1, 0.15) is 5.75 Å². The molecule has 0 aliphatic heterocycles. The smallest absolute Gasteiger partial charge is 0.121 e. The molecule has 2 rings (SSSR count). The van der Waals surface area contributed by atoms with Crippen LogP contribution in [-0.4, -0.2) is 12.6 Å². The number of ether oxygens (including phenoxy) is 1. The zero-order valence-corrected chi connectivity index (χ0v) is 10.7. The van der Waals surface area contributed by atoms with Gasteiger partial charge in [-0.05, 0) is 31.4 Å². The number of rotatable bonds is 6. The molecular weight excluding hydrogens is 224 g/mol. The van der Waals surface area contributed by atoms with Gasteiger partial charge in [0.2, 0.25) is 0 Å². The van der Waals surface area contributed by atoms with Crippen LogP contribution in [0.1, 0.15) is 38.5 Å². The Morgan fingerprint density at radius 2 is 2.17 bits per heavy atom. The highest BCUT2D eigenvalue weighted by Gasteiger charge is 2.14. The Morgan fingerprint density at radius 1 is 1.33 bits per heavy atom. The first-order valence-corrected chi connectivity index (χ1v) is 6.75. The minimum Gasteiger partial charge on any atom is -0.493 e. The van der Waals surface area contributed by atoms with Crippen LogP contribution in [0, 0.1) is 11.3 Å². The van der Waals surface area contributed by atoms with Crippen molar-refractivity contribution in [3.8, 4) is 11.8 Å². The molecule has 0 bridgehead atoms. The fourth-order valence-corrected chi connectivity index (χ4v) is 2.32. The third kappa shape index (κ3) is 3.96. The maximum absolute atomic E-state index is 8.45. The summed E-state index contributed by atoms with van der Waals surface area (Å²) in [6.07, 6.45) is 6.56. The Bertz CT molecular complexity index is 405. The van der Waals surface area contributed by atoms with E-state index in [2.05, 4.69) is 17.5 Å². The van der Waals surface area contributed by atoms with E-state index in [1.807, 2.05) is 18.2 Å². The van der Waals surface area contributed by atoms with E-state index in [4.69, 9.17) is 10.00 Å². The van der Waals surface area contributed by atoms with Gasteiger partial charge in [-0.15, -0.1) is 0 Å².